The Morgan fingerprint density at radius 2 is 2.43 bits per heavy atom. The smallest absolute Gasteiger partial charge is 0.237 e. The van der Waals surface area contributed by atoms with Crippen LogP contribution >= 0.6 is 0 Å². The molecule has 0 bridgehead atoms. The summed E-state index contributed by atoms with van der Waals surface area (Å²) in [5, 5.41) is 6.06. The molecule has 2 unspecified atom stereocenters. The first kappa shape index (κ1) is 11.5. The van der Waals surface area contributed by atoms with Gasteiger partial charge < -0.3 is 15.4 Å². The van der Waals surface area contributed by atoms with Crippen LogP contribution in [0.1, 0.15) is 19.8 Å². The summed E-state index contributed by atoms with van der Waals surface area (Å²) in [6.07, 6.45) is 1.99. The summed E-state index contributed by atoms with van der Waals surface area (Å²) in [7, 11) is 1.71. The number of ether oxygens (including phenoxy) is 1. The predicted molar refractivity (Wildman–Crippen MR) is 55.1 cm³/mol. The molecule has 1 rings (SSSR count). The maximum atomic E-state index is 11.5. The molecule has 1 amide bonds. The van der Waals surface area contributed by atoms with Crippen molar-refractivity contribution in [1.29, 1.82) is 0 Å². The van der Waals surface area contributed by atoms with Crippen LogP contribution in [0.25, 0.3) is 0 Å². The summed E-state index contributed by atoms with van der Waals surface area (Å²) in [5.41, 5.74) is 0. The quantitative estimate of drug-likeness (QED) is 0.678. The van der Waals surface area contributed by atoms with Gasteiger partial charge in [0.25, 0.3) is 0 Å². The average Bonchev–Trinajstić information content (AvgIpc) is 2.19. The molecule has 0 aliphatic carbocycles. The van der Waals surface area contributed by atoms with Gasteiger partial charge in [0.15, 0.2) is 0 Å². The van der Waals surface area contributed by atoms with Crippen molar-refractivity contribution in [2.45, 2.75) is 25.8 Å². The Morgan fingerprint density at radius 1 is 1.64 bits per heavy atom. The number of hydrogen-bond donors (Lipinski definition) is 2. The second-order valence-electron chi connectivity index (χ2n) is 3.75. The van der Waals surface area contributed by atoms with Gasteiger partial charge in [-0.1, -0.05) is 0 Å². The first-order valence-electron chi connectivity index (χ1n) is 5.28. The summed E-state index contributed by atoms with van der Waals surface area (Å²) in [6, 6.07) is -0.0242. The molecule has 2 atom stereocenters. The van der Waals surface area contributed by atoms with Gasteiger partial charge in [-0.15, -0.1) is 0 Å². The van der Waals surface area contributed by atoms with Gasteiger partial charge in [0.1, 0.15) is 0 Å². The second-order valence-corrected chi connectivity index (χ2v) is 3.75. The summed E-state index contributed by atoms with van der Waals surface area (Å²) >= 11 is 0. The van der Waals surface area contributed by atoms with Crippen molar-refractivity contribution >= 4 is 5.91 Å². The van der Waals surface area contributed by atoms with Crippen molar-refractivity contribution < 1.29 is 9.53 Å². The summed E-state index contributed by atoms with van der Waals surface area (Å²) in [5.74, 6) is 0.641. The van der Waals surface area contributed by atoms with Crippen LogP contribution in [-0.4, -0.2) is 38.8 Å². The number of likely N-dealkylation sites (N-methyl/N-ethyl adjacent to an activating group) is 1. The molecule has 1 heterocycles. The van der Waals surface area contributed by atoms with Crippen LogP contribution in [0.5, 0.6) is 0 Å². The highest BCUT2D eigenvalue weighted by Crippen LogP contribution is 2.16. The lowest BCUT2D eigenvalue weighted by molar-refractivity contribution is -0.124. The third-order valence-corrected chi connectivity index (χ3v) is 2.58. The molecular weight excluding hydrogens is 180 g/mol. The van der Waals surface area contributed by atoms with E-state index in [2.05, 4.69) is 10.6 Å². The Bertz CT molecular complexity index is 183. The van der Waals surface area contributed by atoms with E-state index in [1.165, 1.54) is 0 Å². The van der Waals surface area contributed by atoms with E-state index in [0.717, 1.165) is 26.0 Å². The van der Waals surface area contributed by atoms with E-state index >= 15 is 0 Å². The standard InChI is InChI=1S/C10H20N2O2/c1-3-11-10(13)9-6-8(7-14-2)4-5-12-9/h8-9,12H,3-7H2,1-2H3,(H,11,13). The van der Waals surface area contributed by atoms with E-state index in [4.69, 9.17) is 4.74 Å². The van der Waals surface area contributed by atoms with Crippen LogP contribution in [0.15, 0.2) is 0 Å². The molecule has 0 aromatic carbocycles. The lowest BCUT2D eigenvalue weighted by Crippen LogP contribution is -2.49. The van der Waals surface area contributed by atoms with Crippen LogP contribution in [0.3, 0.4) is 0 Å². The van der Waals surface area contributed by atoms with Gasteiger partial charge in [0, 0.05) is 20.3 Å². The van der Waals surface area contributed by atoms with E-state index in [1.807, 2.05) is 6.92 Å². The van der Waals surface area contributed by atoms with Crippen molar-refractivity contribution in [1.82, 2.24) is 10.6 Å². The lowest BCUT2D eigenvalue weighted by atomic mass is 9.93. The Balaban J connectivity index is 2.35. The summed E-state index contributed by atoms with van der Waals surface area (Å²) in [4.78, 5) is 11.5. The van der Waals surface area contributed by atoms with Crippen molar-refractivity contribution in [3.63, 3.8) is 0 Å². The summed E-state index contributed by atoms with van der Waals surface area (Å²) < 4.78 is 5.11. The largest absolute Gasteiger partial charge is 0.384 e. The monoisotopic (exact) mass is 200 g/mol. The van der Waals surface area contributed by atoms with Crippen LogP contribution in [-0.2, 0) is 9.53 Å². The van der Waals surface area contributed by atoms with Gasteiger partial charge in [-0.3, -0.25) is 4.79 Å². The molecule has 0 radical (unpaired) electrons. The average molecular weight is 200 g/mol. The van der Waals surface area contributed by atoms with Gasteiger partial charge in [0.2, 0.25) is 5.91 Å². The van der Waals surface area contributed by atoms with Crippen LogP contribution < -0.4 is 10.6 Å². The number of carbonyl (C=O) groups is 1. The molecule has 4 heteroatoms. The van der Waals surface area contributed by atoms with E-state index in [0.29, 0.717) is 12.5 Å². The fourth-order valence-electron chi connectivity index (χ4n) is 1.88. The van der Waals surface area contributed by atoms with E-state index in [9.17, 15) is 4.79 Å². The number of rotatable bonds is 4. The molecule has 1 aliphatic heterocycles. The third-order valence-electron chi connectivity index (χ3n) is 2.58. The van der Waals surface area contributed by atoms with E-state index in [-0.39, 0.29) is 11.9 Å². The molecule has 14 heavy (non-hydrogen) atoms. The molecule has 1 saturated heterocycles. The molecule has 0 aromatic heterocycles. The molecule has 82 valence electrons. The molecule has 0 saturated carbocycles. The second kappa shape index (κ2) is 5.98. The highest BCUT2D eigenvalue weighted by Gasteiger charge is 2.26. The minimum atomic E-state index is -0.0242. The maximum absolute atomic E-state index is 11.5. The zero-order valence-electron chi connectivity index (χ0n) is 9.01. The Labute approximate surface area is 85.4 Å². The van der Waals surface area contributed by atoms with Gasteiger partial charge in [-0.2, -0.15) is 0 Å². The predicted octanol–water partition coefficient (Wildman–Crippen LogP) is 0.137. The number of piperidine rings is 1. The first-order valence-corrected chi connectivity index (χ1v) is 5.28. The number of carbonyl (C=O) groups excluding carboxylic acids is 1. The van der Waals surface area contributed by atoms with Crippen LogP contribution in [0.2, 0.25) is 0 Å². The summed E-state index contributed by atoms with van der Waals surface area (Å²) in [6.45, 7) is 4.31. The van der Waals surface area contributed by atoms with Gasteiger partial charge in [0.05, 0.1) is 6.04 Å². The normalized spacial score (nSPS) is 27.3. The molecule has 0 spiro atoms. The van der Waals surface area contributed by atoms with Gasteiger partial charge in [-0.25, -0.2) is 0 Å². The SMILES string of the molecule is CCNC(=O)C1CC(COC)CCN1. The number of nitrogens with one attached hydrogen (secondary N) is 2. The van der Waals surface area contributed by atoms with E-state index < -0.39 is 0 Å². The molecule has 1 aliphatic rings. The minimum absolute atomic E-state index is 0.0242. The van der Waals surface area contributed by atoms with Crippen molar-refractivity contribution in [3.8, 4) is 0 Å². The Morgan fingerprint density at radius 3 is 3.07 bits per heavy atom. The fourth-order valence-corrected chi connectivity index (χ4v) is 1.88. The van der Waals surface area contributed by atoms with Crippen molar-refractivity contribution in [2.24, 2.45) is 5.92 Å². The lowest BCUT2D eigenvalue weighted by Gasteiger charge is -2.28. The highest BCUT2D eigenvalue weighted by atomic mass is 16.5. The van der Waals surface area contributed by atoms with E-state index in [1.54, 1.807) is 7.11 Å². The molecule has 0 aromatic rings. The number of methoxy groups -OCH3 is 1. The zero-order chi connectivity index (χ0) is 10.4. The molecule has 2 N–H and O–H groups in total. The minimum Gasteiger partial charge on any atom is -0.384 e. The van der Waals surface area contributed by atoms with Crippen molar-refractivity contribution in [3.05, 3.63) is 0 Å². The zero-order valence-corrected chi connectivity index (χ0v) is 9.01. The first-order chi connectivity index (χ1) is 6.77. The van der Waals surface area contributed by atoms with Crippen LogP contribution in [0, 0.1) is 5.92 Å². The molecule has 1 fully saturated rings. The maximum Gasteiger partial charge on any atom is 0.237 e. The third kappa shape index (κ3) is 3.27. The highest BCUT2D eigenvalue weighted by molar-refractivity contribution is 5.81. The Kier molecular flexibility index (Phi) is 4.90. The Hall–Kier alpha value is -0.610. The number of hydrogen-bond acceptors (Lipinski definition) is 3. The number of amides is 1. The fraction of sp³-hybridized carbons (Fsp3) is 0.900. The van der Waals surface area contributed by atoms with Crippen LogP contribution in [0.4, 0.5) is 0 Å². The molecular formula is C10H20N2O2. The van der Waals surface area contributed by atoms with Crippen molar-refractivity contribution in [2.75, 3.05) is 26.8 Å². The van der Waals surface area contributed by atoms with Gasteiger partial charge in [-0.05, 0) is 32.2 Å². The molecule has 4 nitrogen and oxygen atoms in total. The van der Waals surface area contributed by atoms with Gasteiger partial charge >= 0.3 is 0 Å². The topological polar surface area (TPSA) is 50.4 Å².